The molecule has 0 radical (unpaired) electrons. The topological polar surface area (TPSA) is 70.2 Å². The summed E-state index contributed by atoms with van der Waals surface area (Å²) in [6.07, 6.45) is 0. The molecule has 0 spiro atoms. The summed E-state index contributed by atoms with van der Waals surface area (Å²) in [6.45, 7) is 4.12. The molecule has 0 aliphatic carbocycles. The Morgan fingerprint density at radius 2 is 1.60 bits per heavy atom. The van der Waals surface area contributed by atoms with Crippen molar-refractivity contribution >= 4 is 27.5 Å². The number of carbonyl (C=O) groups excluding carboxylic acids is 1. The highest BCUT2D eigenvalue weighted by atomic mass is 35.5. The first kappa shape index (κ1) is 22.6. The summed E-state index contributed by atoms with van der Waals surface area (Å²) in [5, 5.41) is 0.678. The fraction of sp³-hybridized carbons (Fsp3) is 0.381. The molecule has 1 amide bonds. The molecular weight excluding hydrogens is 426 g/mol. The molecule has 7 nitrogen and oxygen atoms in total. The molecule has 0 N–H and O–H groups in total. The number of ether oxygens (including phenoxy) is 1. The van der Waals surface area contributed by atoms with Gasteiger partial charge in [-0.25, -0.2) is 12.7 Å². The number of rotatable bonds is 7. The van der Waals surface area contributed by atoms with Crippen LogP contribution < -0.4 is 4.74 Å². The van der Waals surface area contributed by atoms with Crippen molar-refractivity contribution in [3.63, 3.8) is 0 Å². The van der Waals surface area contributed by atoms with Crippen LogP contribution in [0.25, 0.3) is 0 Å². The first-order chi connectivity index (χ1) is 14.3. The molecule has 1 saturated heterocycles. The smallest absolute Gasteiger partial charge is 0.253 e. The van der Waals surface area contributed by atoms with Crippen molar-refractivity contribution in [2.75, 3.05) is 53.4 Å². The summed E-state index contributed by atoms with van der Waals surface area (Å²) in [4.78, 5) is 17.0. The molecule has 0 aromatic heterocycles. The molecule has 2 aromatic carbocycles. The van der Waals surface area contributed by atoms with Gasteiger partial charge in [0.15, 0.2) is 0 Å². The van der Waals surface area contributed by atoms with Gasteiger partial charge in [0.1, 0.15) is 12.4 Å². The molecule has 1 heterocycles. The predicted molar refractivity (Wildman–Crippen MR) is 117 cm³/mol. The van der Waals surface area contributed by atoms with Gasteiger partial charge in [0.25, 0.3) is 5.91 Å². The Morgan fingerprint density at radius 1 is 1.00 bits per heavy atom. The average molecular weight is 452 g/mol. The lowest BCUT2D eigenvalue weighted by Crippen LogP contribution is -2.49. The molecule has 1 aliphatic heterocycles. The molecule has 1 fully saturated rings. The number of halogens is 1. The van der Waals surface area contributed by atoms with Crippen LogP contribution in [-0.2, 0) is 10.0 Å². The fourth-order valence-corrected chi connectivity index (χ4v) is 4.19. The number of amides is 1. The van der Waals surface area contributed by atoms with E-state index in [4.69, 9.17) is 16.3 Å². The minimum absolute atomic E-state index is 0.0825. The highest BCUT2D eigenvalue weighted by Gasteiger charge is 2.23. The highest BCUT2D eigenvalue weighted by molar-refractivity contribution is 7.89. The van der Waals surface area contributed by atoms with Gasteiger partial charge in [0.05, 0.1) is 4.90 Å². The van der Waals surface area contributed by atoms with E-state index in [0.717, 1.165) is 29.7 Å². The molecule has 0 bridgehead atoms. The standard InChI is InChI=1S/C21H26ClN3O4S/c1-23(2)30(27,28)20-9-3-17(4-10-20)21(26)25-13-11-24(12-14-25)15-16-29-19-7-5-18(22)6-8-19/h3-10H,11-16H2,1-2H3. The molecule has 9 heteroatoms. The van der Waals surface area contributed by atoms with Crippen molar-refractivity contribution in [2.24, 2.45) is 0 Å². The Kier molecular flexibility index (Phi) is 7.36. The Bertz CT molecular complexity index is 955. The minimum Gasteiger partial charge on any atom is -0.492 e. The van der Waals surface area contributed by atoms with E-state index in [-0.39, 0.29) is 10.8 Å². The van der Waals surface area contributed by atoms with Crippen molar-refractivity contribution in [1.29, 1.82) is 0 Å². The summed E-state index contributed by atoms with van der Waals surface area (Å²) in [6, 6.07) is 13.4. The summed E-state index contributed by atoms with van der Waals surface area (Å²) in [5.74, 6) is 0.703. The molecule has 3 rings (SSSR count). The van der Waals surface area contributed by atoms with Gasteiger partial charge in [-0.3, -0.25) is 9.69 Å². The molecule has 1 aliphatic rings. The third-order valence-corrected chi connectivity index (χ3v) is 7.11. The number of nitrogens with zero attached hydrogens (tertiary/aromatic N) is 3. The highest BCUT2D eigenvalue weighted by Crippen LogP contribution is 2.17. The van der Waals surface area contributed by atoms with Gasteiger partial charge in [0, 0.05) is 57.4 Å². The lowest BCUT2D eigenvalue weighted by atomic mass is 10.2. The van der Waals surface area contributed by atoms with Gasteiger partial charge in [-0.15, -0.1) is 0 Å². The maximum absolute atomic E-state index is 12.7. The Labute approximate surface area is 182 Å². The van der Waals surface area contributed by atoms with Crippen molar-refractivity contribution < 1.29 is 17.9 Å². The van der Waals surface area contributed by atoms with Crippen LogP contribution in [0, 0.1) is 0 Å². The third kappa shape index (κ3) is 5.51. The number of hydrogen-bond acceptors (Lipinski definition) is 5. The second-order valence-electron chi connectivity index (χ2n) is 7.25. The van der Waals surface area contributed by atoms with Crippen LogP contribution >= 0.6 is 11.6 Å². The van der Waals surface area contributed by atoms with Gasteiger partial charge in [-0.05, 0) is 48.5 Å². The first-order valence-electron chi connectivity index (χ1n) is 9.70. The summed E-state index contributed by atoms with van der Waals surface area (Å²) >= 11 is 5.87. The van der Waals surface area contributed by atoms with E-state index in [9.17, 15) is 13.2 Å². The number of sulfonamides is 1. The second-order valence-corrected chi connectivity index (χ2v) is 9.84. The zero-order valence-corrected chi connectivity index (χ0v) is 18.7. The fourth-order valence-electron chi connectivity index (χ4n) is 3.16. The zero-order valence-electron chi connectivity index (χ0n) is 17.1. The molecular formula is C21H26ClN3O4S. The van der Waals surface area contributed by atoms with E-state index in [0.29, 0.717) is 30.3 Å². The van der Waals surface area contributed by atoms with Gasteiger partial charge in [0.2, 0.25) is 10.0 Å². The van der Waals surface area contributed by atoms with E-state index in [2.05, 4.69) is 4.90 Å². The Hall–Kier alpha value is -2.13. The van der Waals surface area contributed by atoms with Gasteiger partial charge in [-0.1, -0.05) is 11.6 Å². The van der Waals surface area contributed by atoms with Crippen LogP contribution in [0.2, 0.25) is 5.02 Å². The lowest BCUT2D eigenvalue weighted by molar-refractivity contribution is 0.0620. The van der Waals surface area contributed by atoms with E-state index in [1.165, 1.54) is 26.2 Å². The largest absolute Gasteiger partial charge is 0.492 e. The van der Waals surface area contributed by atoms with Crippen LogP contribution in [0.4, 0.5) is 0 Å². The monoisotopic (exact) mass is 451 g/mol. The average Bonchev–Trinajstić information content (AvgIpc) is 2.75. The van der Waals surface area contributed by atoms with E-state index in [1.807, 2.05) is 12.1 Å². The quantitative estimate of drug-likeness (QED) is 0.646. The zero-order chi connectivity index (χ0) is 21.7. The number of benzene rings is 2. The van der Waals surface area contributed by atoms with E-state index in [1.54, 1.807) is 29.2 Å². The van der Waals surface area contributed by atoms with Crippen LogP contribution in [0.15, 0.2) is 53.4 Å². The number of piperazine rings is 1. The molecule has 0 atom stereocenters. The number of hydrogen-bond donors (Lipinski definition) is 0. The van der Waals surface area contributed by atoms with Gasteiger partial charge in [-0.2, -0.15) is 0 Å². The molecule has 0 saturated carbocycles. The first-order valence-corrected chi connectivity index (χ1v) is 11.5. The lowest BCUT2D eigenvalue weighted by Gasteiger charge is -2.34. The van der Waals surface area contributed by atoms with Crippen LogP contribution in [-0.4, -0.2) is 81.9 Å². The summed E-state index contributed by atoms with van der Waals surface area (Å²) < 4.78 is 31.2. The van der Waals surface area contributed by atoms with Crippen molar-refractivity contribution in [3.8, 4) is 5.75 Å². The molecule has 30 heavy (non-hydrogen) atoms. The summed E-state index contributed by atoms with van der Waals surface area (Å²) in [7, 11) is -0.538. The van der Waals surface area contributed by atoms with Crippen molar-refractivity contribution in [3.05, 3.63) is 59.1 Å². The van der Waals surface area contributed by atoms with Crippen molar-refractivity contribution in [2.45, 2.75) is 4.90 Å². The molecule has 0 unspecified atom stereocenters. The molecule has 162 valence electrons. The SMILES string of the molecule is CN(C)S(=O)(=O)c1ccc(C(=O)N2CCN(CCOc3ccc(Cl)cc3)CC2)cc1. The normalized spacial score (nSPS) is 15.4. The Balaban J connectivity index is 1.47. The van der Waals surface area contributed by atoms with E-state index >= 15 is 0 Å². The van der Waals surface area contributed by atoms with Crippen LogP contribution in [0.3, 0.4) is 0 Å². The third-order valence-electron chi connectivity index (χ3n) is 5.03. The number of carbonyl (C=O) groups is 1. The second kappa shape index (κ2) is 9.78. The maximum Gasteiger partial charge on any atom is 0.253 e. The van der Waals surface area contributed by atoms with Crippen molar-refractivity contribution in [1.82, 2.24) is 14.1 Å². The van der Waals surface area contributed by atoms with Crippen LogP contribution in [0.5, 0.6) is 5.75 Å². The molecule has 2 aromatic rings. The Morgan fingerprint density at radius 3 is 2.17 bits per heavy atom. The van der Waals surface area contributed by atoms with Crippen LogP contribution in [0.1, 0.15) is 10.4 Å². The predicted octanol–water partition coefficient (Wildman–Crippen LogP) is 2.43. The van der Waals surface area contributed by atoms with E-state index < -0.39 is 10.0 Å². The van der Waals surface area contributed by atoms with Gasteiger partial charge < -0.3 is 9.64 Å². The summed E-state index contributed by atoms with van der Waals surface area (Å²) in [5.41, 5.74) is 0.493. The van der Waals surface area contributed by atoms with Gasteiger partial charge >= 0.3 is 0 Å². The maximum atomic E-state index is 12.7. The minimum atomic E-state index is -3.50.